The standard InChI is InChI=1S/C14H14FN5O2S/c1-9-18-19-14(20(9)11-3-4-11)8-17-23(21,22)13-5-2-10(7-16)6-12(13)15/h2,5-6,11,17H,3-4,8H2,1H3. The van der Waals surface area contributed by atoms with Gasteiger partial charge in [0.05, 0.1) is 18.2 Å². The van der Waals surface area contributed by atoms with Gasteiger partial charge in [-0.1, -0.05) is 0 Å². The molecule has 0 spiro atoms. The van der Waals surface area contributed by atoms with Crippen molar-refractivity contribution in [3.63, 3.8) is 0 Å². The second-order valence-electron chi connectivity index (χ2n) is 5.35. The molecule has 1 aromatic heterocycles. The molecule has 0 saturated heterocycles. The molecule has 0 bridgehead atoms. The Balaban J connectivity index is 1.81. The van der Waals surface area contributed by atoms with Gasteiger partial charge in [0.15, 0.2) is 0 Å². The van der Waals surface area contributed by atoms with E-state index in [1.807, 2.05) is 11.5 Å². The summed E-state index contributed by atoms with van der Waals surface area (Å²) in [6, 6.07) is 5.30. The Kier molecular flexibility index (Phi) is 3.87. The van der Waals surface area contributed by atoms with Crippen molar-refractivity contribution in [1.82, 2.24) is 19.5 Å². The van der Waals surface area contributed by atoms with Crippen LogP contribution in [0.2, 0.25) is 0 Å². The minimum Gasteiger partial charge on any atom is -0.311 e. The third-order valence-electron chi connectivity index (χ3n) is 3.62. The molecule has 1 N–H and O–H groups in total. The van der Waals surface area contributed by atoms with Gasteiger partial charge in [-0.25, -0.2) is 17.5 Å². The number of hydrogen-bond donors (Lipinski definition) is 1. The van der Waals surface area contributed by atoms with Gasteiger partial charge < -0.3 is 4.57 Å². The van der Waals surface area contributed by atoms with Gasteiger partial charge in [0.1, 0.15) is 22.4 Å². The summed E-state index contributed by atoms with van der Waals surface area (Å²) in [5.41, 5.74) is 0.0607. The molecule has 1 aliphatic rings. The van der Waals surface area contributed by atoms with Crippen molar-refractivity contribution in [3.05, 3.63) is 41.2 Å². The van der Waals surface area contributed by atoms with E-state index in [2.05, 4.69) is 14.9 Å². The Morgan fingerprint density at radius 1 is 1.43 bits per heavy atom. The lowest BCUT2D eigenvalue weighted by Crippen LogP contribution is -2.26. The zero-order chi connectivity index (χ0) is 16.6. The molecule has 1 aromatic carbocycles. The predicted molar refractivity (Wildman–Crippen MR) is 78.2 cm³/mol. The molecule has 3 rings (SSSR count). The van der Waals surface area contributed by atoms with Crippen LogP contribution in [0.1, 0.15) is 36.1 Å². The lowest BCUT2D eigenvalue weighted by atomic mass is 10.2. The Bertz CT molecular complexity index is 896. The molecule has 0 aliphatic heterocycles. The molecule has 0 radical (unpaired) electrons. The van der Waals surface area contributed by atoms with Crippen LogP contribution in [0.4, 0.5) is 4.39 Å². The van der Waals surface area contributed by atoms with Crippen LogP contribution >= 0.6 is 0 Å². The molecule has 1 fully saturated rings. The highest BCUT2D eigenvalue weighted by molar-refractivity contribution is 7.89. The molecule has 7 nitrogen and oxygen atoms in total. The topological polar surface area (TPSA) is 101 Å². The zero-order valence-corrected chi connectivity index (χ0v) is 13.1. The summed E-state index contributed by atoms with van der Waals surface area (Å²) in [5, 5.41) is 16.6. The van der Waals surface area contributed by atoms with E-state index < -0.39 is 20.7 Å². The summed E-state index contributed by atoms with van der Waals surface area (Å²) in [6.45, 7) is 1.74. The maximum Gasteiger partial charge on any atom is 0.243 e. The van der Waals surface area contributed by atoms with Crippen molar-refractivity contribution < 1.29 is 12.8 Å². The number of nitrogens with zero attached hydrogens (tertiary/aromatic N) is 4. The average molecular weight is 335 g/mol. The van der Waals surface area contributed by atoms with Crippen LogP contribution in [-0.2, 0) is 16.6 Å². The van der Waals surface area contributed by atoms with Gasteiger partial charge in [0.25, 0.3) is 0 Å². The normalized spacial score (nSPS) is 14.7. The quantitative estimate of drug-likeness (QED) is 0.890. The maximum absolute atomic E-state index is 13.9. The fourth-order valence-corrected chi connectivity index (χ4v) is 3.40. The van der Waals surface area contributed by atoms with E-state index in [1.54, 1.807) is 6.07 Å². The number of aryl methyl sites for hydroxylation is 1. The highest BCUT2D eigenvalue weighted by atomic mass is 32.2. The monoisotopic (exact) mass is 335 g/mol. The smallest absolute Gasteiger partial charge is 0.243 e. The van der Waals surface area contributed by atoms with Gasteiger partial charge in [-0.3, -0.25) is 0 Å². The van der Waals surface area contributed by atoms with Crippen molar-refractivity contribution in [2.45, 2.75) is 37.2 Å². The molecule has 0 atom stereocenters. The molecule has 0 amide bonds. The van der Waals surface area contributed by atoms with Crippen molar-refractivity contribution in [3.8, 4) is 6.07 Å². The number of aromatic nitrogens is 3. The summed E-state index contributed by atoms with van der Waals surface area (Å²) in [4.78, 5) is -0.495. The minimum atomic E-state index is -4.04. The lowest BCUT2D eigenvalue weighted by molar-refractivity contribution is 0.552. The van der Waals surface area contributed by atoms with Gasteiger partial charge in [-0.05, 0) is 38.0 Å². The van der Waals surface area contributed by atoms with Crippen molar-refractivity contribution >= 4 is 10.0 Å². The number of halogens is 1. The van der Waals surface area contributed by atoms with E-state index in [-0.39, 0.29) is 12.1 Å². The third kappa shape index (κ3) is 3.09. The second-order valence-corrected chi connectivity index (χ2v) is 7.08. The molecule has 1 saturated carbocycles. The number of nitrogens with one attached hydrogen (secondary N) is 1. The first-order valence-corrected chi connectivity index (χ1v) is 8.50. The largest absolute Gasteiger partial charge is 0.311 e. The fourth-order valence-electron chi connectivity index (χ4n) is 2.37. The first-order chi connectivity index (χ1) is 10.9. The molecule has 1 heterocycles. The lowest BCUT2D eigenvalue weighted by Gasteiger charge is -2.09. The summed E-state index contributed by atoms with van der Waals surface area (Å²) >= 11 is 0. The van der Waals surface area contributed by atoms with Crippen LogP contribution in [0.15, 0.2) is 23.1 Å². The SMILES string of the molecule is Cc1nnc(CNS(=O)(=O)c2ccc(C#N)cc2F)n1C1CC1. The van der Waals surface area contributed by atoms with Crippen molar-refractivity contribution in [1.29, 1.82) is 5.26 Å². The van der Waals surface area contributed by atoms with Gasteiger partial charge in [-0.15, -0.1) is 10.2 Å². The van der Waals surface area contributed by atoms with Crippen LogP contribution < -0.4 is 4.72 Å². The Labute approximate surface area is 132 Å². The number of hydrogen-bond acceptors (Lipinski definition) is 5. The number of benzene rings is 1. The van der Waals surface area contributed by atoms with E-state index >= 15 is 0 Å². The van der Waals surface area contributed by atoms with Gasteiger partial charge >= 0.3 is 0 Å². The van der Waals surface area contributed by atoms with Gasteiger partial charge in [0.2, 0.25) is 10.0 Å². The highest BCUT2D eigenvalue weighted by Crippen LogP contribution is 2.36. The minimum absolute atomic E-state index is 0.0607. The van der Waals surface area contributed by atoms with E-state index in [0.29, 0.717) is 11.9 Å². The number of sulfonamides is 1. The van der Waals surface area contributed by atoms with Crippen LogP contribution in [0.3, 0.4) is 0 Å². The first kappa shape index (κ1) is 15.6. The van der Waals surface area contributed by atoms with E-state index in [1.165, 1.54) is 6.07 Å². The second kappa shape index (κ2) is 5.72. The molecule has 120 valence electrons. The van der Waals surface area contributed by atoms with Crippen molar-refractivity contribution in [2.75, 3.05) is 0 Å². The molecule has 0 unspecified atom stereocenters. The molecule has 2 aromatic rings. The van der Waals surface area contributed by atoms with Gasteiger partial charge in [-0.2, -0.15) is 5.26 Å². The predicted octanol–water partition coefficient (Wildman–Crippen LogP) is 1.41. The summed E-state index contributed by atoms with van der Waals surface area (Å²) < 4.78 is 42.6. The Hall–Kier alpha value is -2.31. The van der Waals surface area contributed by atoms with E-state index in [0.717, 1.165) is 30.8 Å². The molecule has 9 heteroatoms. The fraction of sp³-hybridized carbons (Fsp3) is 0.357. The summed E-state index contributed by atoms with van der Waals surface area (Å²) in [5.74, 6) is 0.269. The Morgan fingerprint density at radius 2 is 2.17 bits per heavy atom. The van der Waals surface area contributed by atoms with Crippen LogP contribution in [0.5, 0.6) is 0 Å². The molecular weight excluding hydrogens is 321 g/mol. The van der Waals surface area contributed by atoms with Crippen LogP contribution in [0.25, 0.3) is 0 Å². The third-order valence-corrected chi connectivity index (χ3v) is 5.05. The van der Waals surface area contributed by atoms with Crippen LogP contribution in [0, 0.1) is 24.1 Å². The Morgan fingerprint density at radius 3 is 2.78 bits per heavy atom. The van der Waals surface area contributed by atoms with E-state index in [4.69, 9.17) is 5.26 Å². The average Bonchev–Trinajstić information content (AvgIpc) is 3.28. The van der Waals surface area contributed by atoms with Crippen molar-refractivity contribution in [2.24, 2.45) is 0 Å². The maximum atomic E-state index is 13.9. The highest BCUT2D eigenvalue weighted by Gasteiger charge is 2.29. The van der Waals surface area contributed by atoms with Crippen LogP contribution in [-0.4, -0.2) is 23.2 Å². The molecular formula is C14H14FN5O2S. The number of nitriles is 1. The van der Waals surface area contributed by atoms with E-state index in [9.17, 15) is 12.8 Å². The number of rotatable bonds is 5. The summed E-state index contributed by atoms with van der Waals surface area (Å²) in [6.07, 6.45) is 2.03. The molecule has 23 heavy (non-hydrogen) atoms. The van der Waals surface area contributed by atoms with Gasteiger partial charge in [0, 0.05) is 6.04 Å². The zero-order valence-electron chi connectivity index (χ0n) is 12.3. The molecule has 1 aliphatic carbocycles. The summed E-state index contributed by atoms with van der Waals surface area (Å²) in [7, 11) is -4.04. The first-order valence-electron chi connectivity index (χ1n) is 7.02.